The Morgan fingerprint density at radius 2 is 1.89 bits per heavy atom. The zero-order valence-corrected chi connectivity index (χ0v) is 10.4. The van der Waals surface area contributed by atoms with Gasteiger partial charge >= 0.3 is 12.0 Å². The maximum Gasteiger partial charge on any atom is 0.329 e. The molecule has 7 nitrogen and oxygen atoms in total. The first-order valence-electron chi connectivity index (χ1n) is 6.00. The minimum Gasteiger partial charge on any atom is -0.480 e. The number of hydrogen-bond acceptors (Lipinski definition) is 3. The predicted molar refractivity (Wildman–Crippen MR) is 63.8 cm³/mol. The summed E-state index contributed by atoms with van der Waals surface area (Å²) in [4.78, 5) is 35.2. The van der Waals surface area contributed by atoms with Crippen LogP contribution in [0, 0.1) is 0 Å². The highest BCUT2D eigenvalue weighted by molar-refractivity contribution is 5.88. The number of rotatable bonds is 5. The van der Waals surface area contributed by atoms with E-state index >= 15 is 0 Å². The number of carbonyl (C=O) groups excluding carboxylic acids is 2. The molecule has 0 radical (unpaired) electrons. The van der Waals surface area contributed by atoms with Crippen molar-refractivity contribution in [2.75, 3.05) is 13.1 Å². The largest absolute Gasteiger partial charge is 0.480 e. The number of hydrogen-bond donors (Lipinski definition) is 3. The van der Waals surface area contributed by atoms with E-state index in [9.17, 15) is 19.5 Å². The van der Waals surface area contributed by atoms with Crippen molar-refractivity contribution in [3.63, 3.8) is 0 Å². The van der Waals surface area contributed by atoms with Gasteiger partial charge in [0, 0.05) is 6.54 Å². The van der Waals surface area contributed by atoms with Crippen molar-refractivity contribution in [2.45, 2.75) is 38.1 Å². The van der Waals surface area contributed by atoms with Gasteiger partial charge in [0.15, 0.2) is 0 Å². The van der Waals surface area contributed by atoms with E-state index < -0.39 is 23.4 Å². The van der Waals surface area contributed by atoms with Crippen molar-refractivity contribution in [3.8, 4) is 0 Å². The molecule has 1 rings (SSSR count). The Labute approximate surface area is 105 Å². The van der Waals surface area contributed by atoms with Crippen molar-refractivity contribution < 1.29 is 19.5 Å². The molecular formula is C11H19N3O4. The molecule has 0 atom stereocenters. The van der Waals surface area contributed by atoms with Crippen molar-refractivity contribution in [1.82, 2.24) is 10.2 Å². The third-order valence-corrected chi connectivity index (χ3v) is 3.23. The van der Waals surface area contributed by atoms with Crippen molar-refractivity contribution in [3.05, 3.63) is 0 Å². The maximum atomic E-state index is 11.9. The normalized spacial score (nSPS) is 17.2. The number of likely N-dealkylation sites (N-methyl/N-ethyl adjacent to an activating group) is 1. The van der Waals surface area contributed by atoms with Gasteiger partial charge in [0.25, 0.3) is 0 Å². The number of nitrogens with one attached hydrogen (secondary N) is 1. The number of carboxylic acids is 1. The number of amides is 3. The summed E-state index contributed by atoms with van der Waals surface area (Å²) in [5.74, 6) is -1.65. The summed E-state index contributed by atoms with van der Waals surface area (Å²) in [5, 5.41) is 11.8. The SMILES string of the molecule is CCN(CC(N)=O)C(=O)NC1(C(=O)O)CCCC1. The molecule has 102 valence electrons. The molecule has 0 bridgehead atoms. The molecule has 0 aromatic carbocycles. The van der Waals surface area contributed by atoms with Crippen LogP contribution in [0.25, 0.3) is 0 Å². The fourth-order valence-electron chi connectivity index (χ4n) is 2.17. The zero-order chi connectivity index (χ0) is 13.8. The van der Waals surface area contributed by atoms with E-state index in [1.165, 1.54) is 4.90 Å². The molecule has 1 aliphatic carbocycles. The Hall–Kier alpha value is -1.79. The van der Waals surface area contributed by atoms with Crippen LogP contribution in [0.2, 0.25) is 0 Å². The number of nitrogens with two attached hydrogens (primary N) is 1. The second-order valence-corrected chi connectivity index (χ2v) is 4.51. The van der Waals surface area contributed by atoms with Crippen LogP contribution in [0.4, 0.5) is 4.79 Å². The van der Waals surface area contributed by atoms with Crippen molar-refractivity contribution >= 4 is 17.9 Å². The fraction of sp³-hybridized carbons (Fsp3) is 0.727. The molecule has 18 heavy (non-hydrogen) atoms. The van der Waals surface area contributed by atoms with Gasteiger partial charge in [-0.05, 0) is 19.8 Å². The van der Waals surface area contributed by atoms with Gasteiger partial charge < -0.3 is 21.1 Å². The van der Waals surface area contributed by atoms with Crippen molar-refractivity contribution in [2.24, 2.45) is 5.73 Å². The number of primary amides is 1. The lowest BCUT2D eigenvalue weighted by atomic mass is 9.98. The van der Waals surface area contributed by atoms with Crippen LogP contribution in [-0.4, -0.2) is 46.5 Å². The fourth-order valence-corrected chi connectivity index (χ4v) is 2.17. The third-order valence-electron chi connectivity index (χ3n) is 3.23. The summed E-state index contributed by atoms with van der Waals surface area (Å²) in [7, 11) is 0. The molecule has 1 fully saturated rings. The van der Waals surface area contributed by atoms with Crippen LogP contribution in [0.3, 0.4) is 0 Å². The molecule has 7 heteroatoms. The predicted octanol–water partition coefficient (Wildman–Crippen LogP) is -0.0994. The molecular weight excluding hydrogens is 238 g/mol. The van der Waals surface area contributed by atoms with E-state index in [1.807, 2.05) is 0 Å². The topological polar surface area (TPSA) is 113 Å². The second-order valence-electron chi connectivity index (χ2n) is 4.51. The van der Waals surface area contributed by atoms with E-state index in [4.69, 9.17) is 5.73 Å². The minimum atomic E-state index is -1.19. The smallest absolute Gasteiger partial charge is 0.329 e. The highest BCUT2D eigenvalue weighted by Gasteiger charge is 2.43. The summed E-state index contributed by atoms with van der Waals surface area (Å²) < 4.78 is 0. The van der Waals surface area contributed by atoms with Crippen LogP contribution in [0.5, 0.6) is 0 Å². The Bertz CT molecular complexity index is 350. The minimum absolute atomic E-state index is 0.210. The maximum absolute atomic E-state index is 11.9. The summed E-state index contributed by atoms with van der Waals surface area (Å²) in [6.45, 7) is 1.78. The highest BCUT2D eigenvalue weighted by atomic mass is 16.4. The molecule has 0 aromatic rings. The zero-order valence-electron chi connectivity index (χ0n) is 10.4. The molecule has 4 N–H and O–H groups in total. The Balaban J connectivity index is 2.71. The highest BCUT2D eigenvalue weighted by Crippen LogP contribution is 2.30. The van der Waals surface area contributed by atoms with Gasteiger partial charge in [-0.25, -0.2) is 9.59 Å². The van der Waals surface area contributed by atoms with E-state index in [0.717, 1.165) is 12.8 Å². The number of urea groups is 1. The first-order valence-corrected chi connectivity index (χ1v) is 6.00. The van der Waals surface area contributed by atoms with Gasteiger partial charge in [0.2, 0.25) is 5.91 Å². The second kappa shape index (κ2) is 5.70. The number of aliphatic carboxylic acids is 1. The molecule has 0 unspecified atom stereocenters. The van der Waals surface area contributed by atoms with Crippen LogP contribution < -0.4 is 11.1 Å². The van der Waals surface area contributed by atoms with Crippen LogP contribution in [0.15, 0.2) is 0 Å². The lowest BCUT2D eigenvalue weighted by Gasteiger charge is -2.29. The summed E-state index contributed by atoms with van der Waals surface area (Å²) >= 11 is 0. The summed E-state index contributed by atoms with van der Waals surface area (Å²) in [6.07, 6.45) is 2.38. The molecule has 0 aliphatic heterocycles. The third kappa shape index (κ3) is 3.12. The molecule has 0 spiro atoms. The average molecular weight is 257 g/mol. The Kier molecular flexibility index (Phi) is 4.52. The molecule has 0 saturated heterocycles. The first-order chi connectivity index (χ1) is 8.41. The van der Waals surface area contributed by atoms with Gasteiger partial charge in [-0.2, -0.15) is 0 Å². The van der Waals surface area contributed by atoms with Gasteiger partial charge in [0.1, 0.15) is 12.1 Å². The lowest BCUT2D eigenvalue weighted by molar-refractivity contribution is -0.144. The van der Waals surface area contributed by atoms with E-state index in [0.29, 0.717) is 19.4 Å². The van der Waals surface area contributed by atoms with Gasteiger partial charge in [-0.15, -0.1) is 0 Å². The Morgan fingerprint density at radius 3 is 2.28 bits per heavy atom. The van der Waals surface area contributed by atoms with Gasteiger partial charge in [-0.1, -0.05) is 12.8 Å². The van der Waals surface area contributed by atoms with Gasteiger partial charge in [-0.3, -0.25) is 4.79 Å². The summed E-state index contributed by atoms with van der Waals surface area (Å²) in [5.41, 5.74) is 3.84. The van der Waals surface area contributed by atoms with Crippen LogP contribution in [-0.2, 0) is 9.59 Å². The standard InChI is InChI=1S/C11H19N3O4/c1-2-14(7-8(12)15)10(18)13-11(9(16)17)5-3-4-6-11/h2-7H2,1H3,(H2,12,15)(H,13,18)(H,16,17). The molecule has 0 heterocycles. The number of nitrogens with zero attached hydrogens (tertiary/aromatic N) is 1. The lowest BCUT2D eigenvalue weighted by Crippen LogP contribution is -2.57. The molecule has 1 saturated carbocycles. The van der Waals surface area contributed by atoms with Crippen LogP contribution >= 0.6 is 0 Å². The monoisotopic (exact) mass is 257 g/mol. The van der Waals surface area contributed by atoms with Gasteiger partial charge in [0.05, 0.1) is 0 Å². The van der Waals surface area contributed by atoms with E-state index in [-0.39, 0.29) is 6.54 Å². The molecule has 0 aromatic heterocycles. The van der Waals surface area contributed by atoms with E-state index in [2.05, 4.69) is 5.32 Å². The first kappa shape index (κ1) is 14.3. The number of carboxylic acid groups (broad SMARTS) is 1. The molecule has 3 amide bonds. The summed E-state index contributed by atoms with van der Waals surface area (Å²) in [6, 6.07) is -0.555. The average Bonchev–Trinajstić information content (AvgIpc) is 2.75. The quantitative estimate of drug-likeness (QED) is 0.638. The number of carbonyl (C=O) groups is 3. The van der Waals surface area contributed by atoms with Crippen LogP contribution in [0.1, 0.15) is 32.6 Å². The van der Waals surface area contributed by atoms with E-state index in [1.54, 1.807) is 6.92 Å². The Morgan fingerprint density at radius 1 is 1.33 bits per heavy atom. The van der Waals surface area contributed by atoms with Crippen molar-refractivity contribution in [1.29, 1.82) is 0 Å². The molecule has 1 aliphatic rings.